The number of nitrogen functional groups attached to an aromatic ring is 2. The summed E-state index contributed by atoms with van der Waals surface area (Å²) in [6, 6.07) is 0. The molecule has 1 aromatic heterocycles. The summed E-state index contributed by atoms with van der Waals surface area (Å²) in [4.78, 5) is 1.95. The molecule has 0 saturated carbocycles. The van der Waals surface area contributed by atoms with Crippen molar-refractivity contribution < 1.29 is 0 Å². The van der Waals surface area contributed by atoms with E-state index in [2.05, 4.69) is 15.9 Å². The third-order valence-corrected chi connectivity index (χ3v) is 3.89. The SMILES string of the molecule is Nc1c[se]c(Br)c1N. The molecule has 0 radical (unpaired) electrons. The molecule has 0 spiro atoms. The van der Waals surface area contributed by atoms with Crippen LogP contribution in [0.2, 0.25) is 0 Å². The van der Waals surface area contributed by atoms with Crippen molar-refractivity contribution in [3.63, 3.8) is 0 Å². The molecule has 0 aliphatic carbocycles. The summed E-state index contributed by atoms with van der Waals surface area (Å²) < 4.78 is 1.06. The van der Waals surface area contributed by atoms with Gasteiger partial charge in [0.15, 0.2) is 0 Å². The van der Waals surface area contributed by atoms with E-state index in [9.17, 15) is 0 Å². The first-order chi connectivity index (χ1) is 3.72. The van der Waals surface area contributed by atoms with Crippen molar-refractivity contribution >= 4 is 41.8 Å². The second kappa shape index (κ2) is 2.13. The molecule has 4 N–H and O–H groups in total. The number of hydrogen-bond acceptors (Lipinski definition) is 2. The van der Waals surface area contributed by atoms with Crippen LogP contribution in [0.3, 0.4) is 0 Å². The Morgan fingerprint density at radius 2 is 2.12 bits per heavy atom. The zero-order valence-electron chi connectivity index (χ0n) is 4.02. The van der Waals surface area contributed by atoms with Gasteiger partial charge in [-0.2, -0.15) is 0 Å². The monoisotopic (exact) mass is 240 g/mol. The van der Waals surface area contributed by atoms with E-state index in [1.165, 1.54) is 0 Å². The molecule has 0 aliphatic rings. The third kappa shape index (κ3) is 0.917. The first kappa shape index (κ1) is 6.20. The second-order valence-electron chi connectivity index (χ2n) is 1.38. The molecule has 2 nitrogen and oxygen atoms in total. The molecule has 0 atom stereocenters. The van der Waals surface area contributed by atoms with Crippen LogP contribution in [0.25, 0.3) is 0 Å². The number of halogens is 1. The van der Waals surface area contributed by atoms with Gasteiger partial charge >= 0.3 is 61.6 Å². The number of hydrogen-bond donors (Lipinski definition) is 2. The Hall–Kier alpha value is 0.0795. The Labute approximate surface area is 61.7 Å². The van der Waals surface area contributed by atoms with Crippen LogP contribution in [0, 0.1) is 0 Å². The summed E-state index contributed by atoms with van der Waals surface area (Å²) in [5.74, 6) is 0. The topological polar surface area (TPSA) is 52.0 Å². The Bertz CT molecular complexity index is 176. The van der Waals surface area contributed by atoms with Crippen LogP contribution in [0.5, 0.6) is 0 Å². The van der Waals surface area contributed by atoms with Gasteiger partial charge in [0.25, 0.3) is 0 Å². The van der Waals surface area contributed by atoms with Crippen molar-refractivity contribution in [2.45, 2.75) is 0 Å². The van der Waals surface area contributed by atoms with Crippen molar-refractivity contribution in [3.05, 3.63) is 8.29 Å². The van der Waals surface area contributed by atoms with Crippen molar-refractivity contribution in [2.24, 2.45) is 0 Å². The molecule has 44 valence electrons. The van der Waals surface area contributed by atoms with Gasteiger partial charge in [0.05, 0.1) is 0 Å². The average molecular weight is 240 g/mol. The van der Waals surface area contributed by atoms with Gasteiger partial charge in [-0.1, -0.05) is 0 Å². The van der Waals surface area contributed by atoms with Crippen molar-refractivity contribution in [1.82, 2.24) is 0 Å². The molecular formula is C4H5BrN2Se. The number of nitrogens with two attached hydrogens (primary N) is 2. The van der Waals surface area contributed by atoms with Crippen LogP contribution >= 0.6 is 15.9 Å². The molecule has 1 aromatic rings. The Morgan fingerprint density at radius 3 is 2.25 bits per heavy atom. The summed E-state index contributed by atoms with van der Waals surface area (Å²) in [5.41, 5.74) is 12.3. The molecule has 0 fully saturated rings. The molecule has 1 heterocycles. The predicted molar refractivity (Wildman–Crippen MR) is 39.9 cm³/mol. The molecule has 0 aliphatic heterocycles. The van der Waals surface area contributed by atoms with E-state index < -0.39 is 0 Å². The van der Waals surface area contributed by atoms with Crippen molar-refractivity contribution in [3.8, 4) is 0 Å². The summed E-state index contributed by atoms with van der Waals surface area (Å²) >= 11 is 3.65. The molecule has 0 aromatic carbocycles. The number of rotatable bonds is 0. The maximum absolute atomic E-state index is 5.48. The molecular weight excluding hydrogens is 235 g/mol. The van der Waals surface area contributed by atoms with Gasteiger partial charge in [-0.15, -0.1) is 0 Å². The van der Waals surface area contributed by atoms with Crippen LogP contribution in [0.15, 0.2) is 8.29 Å². The first-order valence-electron chi connectivity index (χ1n) is 1.99. The molecule has 0 amide bonds. The number of anilines is 2. The fourth-order valence-electron chi connectivity index (χ4n) is 0.356. The second-order valence-corrected chi connectivity index (χ2v) is 5.20. The van der Waals surface area contributed by atoms with Crippen molar-refractivity contribution in [1.29, 1.82) is 0 Å². The molecule has 1 rings (SSSR count). The Balaban J connectivity index is 3.19. The van der Waals surface area contributed by atoms with Crippen LogP contribution < -0.4 is 11.5 Å². The molecule has 8 heavy (non-hydrogen) atoms. The zero-order chi connectivity index (χ0) is 6.15. The van der Waals surface area contributed by atoms with Crippen molar-refractivity contribution in [2.75, 3.05) is 11.5 Å². The predicted octanol–water partition coefficient (Wildman–Crippen LogP) is 0.671. The molecule has 0 unspecified atom stereocenters. The van der Waals surface area contributed by atoms with Gasteiger partial charge < -0.3 is 0 Å². The van der Waals surface area contributed by atoms with E-state index >= 15 is 0 Å². The summed E-state index contributed by atoms with van der Waals surface area (Å²) in [6.45, 7) is 0. The van der Waals surface area contributed by atoms with Gasteiger partial charge in [0.2, 0.25) is 0 Å². The van der Waals surface area contributed by atoms with Crippen LogP contribution in [0.1, 0.15) is 0 Å². The van der Waals surface area contributed by atoms with E-state index in [1.807, 2.05) is 4.94 Å². The van der Waals surface area contributed by atoms with E-state index in [0.717, 1.165) is 9.03 Å². The van der Waals surface area contributed by atoms with Crippen LogP contribution in [-0.2, 0) is 0 Å². The van der Waals surface area contributed by atoms with Crippen LogP contribution in [-0.4, -0.2) is 14.5 Å². The molecule has 0 saturated heterocycles. The maximum atomic E-state index is 5.48. The van der Waals surface area contributed by atoms with Gasteiger partial charge in [-0.25, -0.2) is 0 Å². The average Bonchev–Trinajstić information content (AvgIpc) is 1.98. The molecule has 4 heteroatoms. The first-order valence-corrected chi connectivity index (χ1v) is 4.63. The van der Waals surface area contributed by atoms with Gasteiger partial charge in [-0.05, 0) is 0 Å². The quantitative estimate of drug-likeness (QED) is 0.655. The Morgan fingerprint density at radius 1 is 1.50 bits per heavy atom. The minimum absolute atomic E-state index is 0.355. The van der Waals surface area contributed by atoms with E-state index in [1.54, 1.807) is 0 Å². The fourth-order valence-corrected chi connectivity index (χ4v) is 2.33. The van der Waals surface area contributed by atoms with E-state index in [0.29, 0.717) is 20.2 Å². The van der Waals surface area contributed by atoms with Gasteiger partial charge in [-0.3, -0.25) is 0 Å². The van der Waals surface area contributed by atoms with Crippen LogP contribution in [0.4, 0.5) is 11.4 Å². The molecule has 0 bridgehead atoms. The van der Waals surface area contributed by atoms with Gasteiger partial charge in [0.1, 0.15) is 0 Å². The fraction of sp³-hybridized carbons (Fsp3) is 0. The van der Waals surface area contributed by atoms with Gasteiger partial charge in [0, 0.05) is 0 Å². The zero-order valence-corrected chi connectivity index (χ0v) is 7.32. The standard InChI is InChI=1S/C4H5BrN2Se/c5-4-3(7)2(6)1-8-4/h1H,6-7H2. The summed E-state index contributed by atoms with van der Waals surface area (Å²) in [6.07, 6.45) is 0. The normalized spacial score (nSPS) is 9.62. The minimum atomic E-state index is 0.355. The van der Waals surface area contributed by atoms with E-state index in [-0.39, 0.29) is 0 Å². The summed E-state index contributed by atoms with van der Waals surface area (Å²) in [5, 5.41) is 0. The summed E-state index contributed by atoms with van der Waals surface area (Å²) in [7, 11) is 0. The van der Waals surface area contributed by atoms with E-state index in [4.69, 9.17) is 11.5 Å². The Kier molecular flexibility index (Phi) is 1.65. The third-order valence-electron chi connectivity index (χ3n) is 0.812.